The summed E-state index contributed by atoms with van der Waals surface area (Å²) in [5, 5.41) is 11.5. The first-order valence-electron chi connectivity index (χ1n) is 5.96. The molecule has 0 aliphatic heterocycles. The average molecular weight is 260 g/mol. The van der Waals surface area contributed by atoms with Crippen molar-refractivity contribution < 1.29 is 14.3 Å². The summed E-state index contributed by atoms with van der Waals surface area (Å²) in [6.45, 7) is 4.88. The summed E-state index contributed by atoms with van der Waals surface area (Å²) >= 11 is 0. The molecular weight excluding hydrogens is 244 g/mol. The molecule has 0 unspecified atom stereocenters. The highest BCUT2D eigenvalue weighted by molar-refractivity contribution is 5.96. The van der Waals surface area contributed by atoms with Crippen LogP contribution in [0, 0.1) is 17.2 Å². The van der Waals surface area contributed by atoms with Crippen LogP contribution < -0.4 is 5.32 Å². The fraction of sp³-hybridized carbons (Fsp3) is 0.357. The van der Waals surface area contributed by atoms with Gasteiger partial charge >= 0.3 is 5.97 Å². The number of nitriles is 1. The number of anilines is 1. The first-order chi connectivity index (χ1) is 8.95. The molecule has 0 aliphatic carbocycles. The van der Waals surface area contributed by atoms with Crippen LogP contribution in [-0.2, 0) is 14.3 Å². The largest absolute Gasteiger partial charge is 0.452 e. The number of nitrogens with one attached hydrogen (secondary N) is 1. The number of amides is 1. The van der Waals surface area contributed by atoms with Gasteiger partial charge in [-0.1, -0.05) is 26.0 Å². The molecule has 0 fully saturated rings. The molecule has 0 heterocycles. The summed E-state index contributed by atoms with van der Waals surface area (Å²) in [5.74, 6) is -1.19. The molecule has 0 bridgehead atoms. The standard InChI is InChI=1S/C14H16N2O3/c1-9(2)14(18)19-10(3)13(17)16-12-7-5-4-6-11(12)8-15/h4-7,9-10H,1-3H3,(H,16,17)/t10-/m0/s1. The average Bonchev–Trinajstić information content (AvgIpc) is 2.38. The number of nitrogens with zero attached hydrogens (tertiary/aromatic N) is 1. The number of para-hydroxylation sites is 1. The molecule has 5 nitrogen and oxygen atoms in total. The molecule has 1 N–H and O–H groups in total. The lowest BCUT2D eigenvalue weighted by Gasteiger charge is -2.15. The van der Waals surface area contributed by atoms with Crippen molar-refractivity contribution in [2.75, 3.05) is 5.32 Å². The maximum absolute atomic E-state index is 11.8. The van der Waals surface area contributed by atoms with Crippen LogP contribution in [0.25, 0.3) is 0 Å². The molecule has 1 amide bonds. The molecule has 1 atom stereocenters. The van der Waals surface area contributed by atoms with Gasteiger partial charge in [-0.3, -0.25) is 9.59 Å². The fourth-order valence-electron chi connectivity index (χ4n) is 1.29. The summed E-state index contributed by atoms with van der Waals surface area (Å²) in [7, 11) is 0. The van der Waals surface area contributed by atoms with Gasteiger partial charge in [-0.05, 0) is 19.1 Å². The summed E-state index contributed by atoms with van der Waals surface area (Å²) in [6.07, 6.45) is -0.901. The van der Waals surface area contributed by atoms with Crippen LogP contribution in [0.2, 0.25) is 0 Å². The van der Waals surface area contributed by atoms with Crippen molar-refractivity contribution in [3.05, 3.63) is 29.8 Å². The quantitative estimate of drug-likeness (QED) is 0.840. The smallest absolute Gasteiger partial charge is 0.309 e. The predicted octanol–water partition coefficient (Wildman–Crippen LogP) is 2.08. The van der Waals surface area contributed by atoms with E-state index in [9.17, 15) is 9.59 Å². The molecule has 19 heavy (non-hydrogen) atoms. The molecule has 1 rings (SSSR count). The van der Waals surface area contributed by atoms with E-state index in [1.54, 1.807) is 38.1 Å². The molecule has 0 saturated carbocycles. The van der Waals surface area contributed by atoms with E-state index >= 15 is 0 Å². The second-order valence-electron chi connectivity index (χ2n) is 4.38. The highest BCUT2D eigenvalue weighted by atomic mass is 16.5. The minimum atomic E-state index is -0.901. The van der Waals surface area contributed by atoms with E-state index in [4.69, 9.17) is 10.00 Å². The van der Waals surface area contributed by atoms with Crippen LogP contribution in [0.5, 0.6) is 0 Å². The van der Waals surface area contributed by atoms with Crippen molar-refractivity contribution >= 4 is 17.6 Å². The minimum absolute atomic E-state index is 0.290. The van der Waals surface area contributed by atoms with Gasteiger partial charge in [-0.25, -0.2) is 0 Å². The van der Waals surface area contributed by atoms with E-state index in [0.29, 0.717) is 11.3 Å². The second kappa shape index (κ2) is 6.55. The number of hydrogen-bond donors (Lipinski definition) is 1. The summed E-state index contributed by atoms with van der Waals surface area (Å²) in [4.78, 5) is 23.2. The molecule has 5 heteroatoms. The lowest BCUT2D eigenvalue weighted by atomic mass is 10.2. The maximum atomic E-state index is 11.8. The lowest BCUT2D eigenvalue weighted by molar-refractivity contribution is -0.156. The van der Waals surface area contributed by atoms with Crippen LogP contribution in [0.15, 0.2) is 24.3 Å². The molecule has 0 aliphatic rings. The number of hydrogen-bond acceptors (Lipinski definition) is 4. The van der Waals surface area contributed by atoms with Gasteiger partial charge in [-0.15, -0.1) is 0 Å². The fourth-order valence-corrected chi connectivity index (χ4v) is 1.29. The number of carbonyl (C=O) groups excluding carboxylic acids is 2. The van der Waals surface area contributed by atoms with Crippen molar-refractivity contribution in [1.82, 2.24) is 0 Å². The number of benzene rings is 1. The Morgan fingerprint density at radius 1 is 1.26 bits per heavy atom. The van der Waals surface area contributed by atoms with Gasteiger partial charge in [0.05, 0.1) is 17.2 Å². The second-order valence-corrected chi connectivity index (χ2v) is 4.38. The van der Waals surface area contributed by atoms with E-state index < -0.39 is 18.0 Å². The third kappa shape index (κ3) is 4.11. The zero-order valence-electron chi connectivity index (χ0n) is 11.1. The van der Waals surface area contributed by atoms with Crippen molar-refractivity contribution in [2.24, 2.45) is 5.92 Å². The van der Waals surface area contributed by atoms with Crippen LogP contribution in [0.3, 0.4) is 0 Å². The van der Waals surface area contributed by atoms with Gasteiger partial charge in [0.1, 0.15) is 6.07 Å². The van der Waals surface area contributed by atoms with Crippen LogP contribution in [-0.4, -0.2) is 18.0 Å². The molecule has 0 saturated heterocycles. The number of carbonyl (C=O) groups is 2. The molecule has 1 aromatic rings. The normalized spacial score (nSPS) is 11.5. The molecular formula is C14H16N2O3. The topological polar surface area (TPSA) is 79.2 Å². The SMILES string of the molecule is CC(C)C(=O)O[C@@H](C)C(=O)Nc1ccccc1C#N. The highest BCUT2D eigenvalue weighted by Crippen LogP contribution is 2.14. The third-order valence-corrected chi connectivity index (χ3v) is 2.44. The van der Waals surface area contributed by atoms with Crippen molar-refractivity contribution in [1.29, 1.82) is 5.26 Å². The zero-order chi connectivity index (χ0) is 14.4. The lowest BCUT2D eigenvalue weighted by Crippen LogP contribution is -2.31. The Kier molecular flexibility index (Phi) is 5.07. The molecule has 0 aromatic heterocycles. The van der Waals surface area contributed by atoms with Gasteiger partial charge in [0.15, 0.2) is 6.10 Å². The molecule has 100 valence electrons. The maximum Gasteiger partial charge on any atom is 0.309 e. The van der Waals surface area contributed by atoms with Gasteiger partial charge in [-0.2, -0.15) is 5.26 Å². The summed E-state index contributed by atoms with van der Waals surface area (Å²) in [6, 6.07) is 8.61. The van der Waals surface area contributed by atoms with Gasteiger partial charge in [0, 0.05) is 0 Å². The van der Waals surface area contributed by atoms with Gasteiger partial charge < -0.3 is 10.1 Å². The Balaban J connectivity index is 2.70. The Morgan fingerprint density at radius 3 is 2.47 bits per heavy atom. The first-order valence-corrected chi connectivity index (χ1v) is 5.96. The Morgan fingerprint density at radius 2 is 1.89 bits per heavy atom. The Hall–Kier alpha value is -2.35. The molecule has 0 spiro atoms. The summed E-state index contributed by atoms with van der Waals surface area (Å²) in [5.41, 5.74) is 0.765. The molecule has 0 radical (unpaired) electrons. The number of rotatable bonds is 4. The third-order valence-electron chi connectivity index (χ3n) is 2.44. The Bertz CT molecular complexity index is 518. The zero-order valence-corrected chi connectivity index (χ0v) is 11.1. The van der Waals surface area contributed by atoms with E-state index in [1.807, 2.05) is 6.07 Å². The first kappa shape index (κ1) is 14.7. The summed E-state index contributed by atoms with van der Waals surface area (Å²) < 4.78 is 4.99. The van der Waals surface area contributed by atoms with Crippen LogP contribution in [0.1, 0.15) is 26.3 Å². The van der Waals surface area contributed by atoms with Crippen molar-refractivity contribution in [3.8, 4) is 6.07 Å². The monoisotopic (exact) mass is 260 g/mol. The van der Waals surface area contributed by atoms with Crippen molar-refractivity contribution in [3.63, 3.8) is 0 Å². The van der Waals surface area contributed by atoms with E-state index in [-0.39, 0.29) is 5.92 Å². The minimum Gasteiger partial charge on any atom is -0.452 e. The van der Waals surface area contributed by atoms with Crippen molar-refractivity contribution in [2.45, 2.75) is 26.9 Å². The van der Waals surface area contributed by atoms with E-state index in [2.05, 4.69) is 5.32 Å². The molecule has 1 aromatic carbocycles. The van der Waals surface area contributed by atoms with E-state index in [1.165, 1.54) is 6.92 Å². The van der Waals surface area contributed by atoms with Crippen LogP contribution >= 0.6 is 0 Å². The Labute approximate surface area is 112 Å². The highest BCUT2D eigenvalue weighted by Gasteiger charge is 2.20. The predicted molar refractivity (Wildman–Crippen MR) is 70.2 cm³/mol. The van der Waals surface area contributed by atoms with Crippen LogP contribution in [0.4, 0.5) is 5.69 Å². The van der Waals surface area contributed by atoms with E-state index in [0.717, 1.165) is 0 Å². The van der Waals surface area contributed by atoms with Gasteiger partial charge in [0.25, 0.3) is 5.91 Å². The number of esters is 1. The number of ether oxygens (including phenoxy) is 1. The van der Waals surface area contributed by atoms with Gasteiger partial charge in [0.2, 0.25) is 0 Å².